The maximum absolute atomic E-state index is 12.1. The number of esters is 1. The molecule has 8 unspecified atom stereocenters. The predicted molar refractivity (Wildman–Crippen MR) is 114 cm³/mol. The Hall–Kier alpha value is -0.690. The molecule has 4 N–H and O–H groups in total. The van der Waals surface area contributed by atoms with E-state index in [1.54, 1.807) is 0 Å². The Labute approximate surface area is 175 Å². The maximum atomic E-state index is 12.1. The van der Waals surface area contributed by atoms with Gasteiger partial charge in [0.2, 0.25) is 0 Å². The number of aliphatic hydroxyl groups excluding tert-OH is 1. The van der Waals surface area contributed by atoms with E-state index in [4.69, 9.17) is 4.74 Å². The van der Waals surface area contributed by atoms with Crippen molar-refractivity contribution in [1.82, 2.24) is 16.0 Å². The average molecular weight is 408 g/mol. The number of carbonyl (C=O) groups excluding carboxylic acids is 1. The number of aliphatic hydroxyl groups is 1. The number of ether oxygens (including phenoxy) is 1. The number of nitrogens with one attached hydrogen (secondary N) is 3. The van der Waals surface area contributed by atoms with Crippen molar-refractivity contribution in [1.29, 1.82) is 0 Å². The van der Waals surface area contributed by atoms with Crippen molar-refractivity contribution in [3.05, 3.63) is 0 Å². The van der Waals surface area contributed by atoms with Gasteiger partial charge < -0.3 is 25.8 Å². The van der Waals surface area contributed by atoms with Crippen LogP contribution in [0.5, 0.6) is 0 Å². The fourth-order valence-electron chi connectivity index (χ4n) is 6.73. The van der Waals surface area contributed by atoms with Crippen LogP contribution in [-0.4, -0.2) is 62.0 Å². The van der Waals surface area contributed by atoms with Crippen LogP contribution in [0, 0.1) is 23.7 Å². The monoisotopic (exact) mass is 407 g/mol. The van der Waals surface area contributed by atoms with Crippen molar-refractivity contribution in [2.24, 2.45) is 23.7 Å². The zero-order valence-electron chi connectivity index (χ0n) is 18.1. The third-order valence-electron chi connectivity index (χ3n) is 8.26. The minimum Gasteiger partial charge on any atom is -0.469 e. The first-order valence-electron chi connectivity index (χ1n) is 12.1. The van der Waals surface area contributed by atoms with Crippen LogP contribution >= 0.6 is 0 Å². The summed E-state index contributed by atoms with van der Waals surface area (Å²) in [5, 5.41) is 22.6. The molecule has 4 aliphatic rings. The molecule has 2 saturated carbocycles. The van der Waals surface area contributed by atoms with Crippen molar-refractivity contribution in [3.63, 3.8) is 0 Å². The van der Waals surface area contributed by atoms with E-state index in [9.17, 15) is 9.90 Å². The number of piperidine rings is 2. The van der Waals surface area contributed by atoms with Gasteiger partial charge in [-0.2, -0.15) is 0 Å². The van der Waals surface area contributed by atoms with Crippen molar-refractivity contribution < 1.29 is 14.6 Å². The smallest absolute Gasteiger partial charge is 0.308 e. The predicted octanol–water partition coefficient (Wildman–Crippen LogP) is 1.82. The van der Waals surface area contributed by atoms with Gasteiger partial charge in [-0.15, -0.1) is 0 Å². The first-order chi connectivity index (χ1) is 14.2. The summed E-state index contributed by atoms with van der Waals surface area (Å²) in [4.78, 5) is 12.1. The molecule has 0 aromatic heterocycles. The molecule has 6 heteroatoms. The molecule has 166 valence electrons. The van der Waals surface area contributed by atoms with Crippen LogP contribution < -0.4 is 16.0 Å². The average Bonchev–Trinajstić information content (AvgIpc) is 2.78. The van der Waals surface area contributed by atoms with E-state index in [2.05, 4.69) is 16.0 Å². The standard InChI is InChI=1S/C23H41N3O3/c1-29-23(28)16-5-2-8-18(13-16)26-20(17-7-3-11-24-14-17)19-10-9-15-6-4-12-25-21(15)22(19)27/h15-22,24-27H,2-14H2,1H3. The zero-order chi connectivity index (χ0) is 20.2. The highest BCUT2D eigenvalue weighted by atomic mass is 16.5. The molecule has 6 nitrogen and oxygen atoms in total. The molecule has 4 fully saturated rings. The lowest BCUT2D eigenvalue weighted by Gasteiger charge is -2.49. The van der Waals surface area contributed by atoms with Gasteiger partial charge in [0.05, 0.1) is 19.1 Å². The Bertz CT molecular complexity index is 539. The third kappa shape index (κ3) is 4.97. The first-order valence-corrected chi connectivity index (χ1v) is 12.1. The number of hydrogen-bond acceptors (Lipinski definition) is 6. The molecular weight excluding hydrogens is 366 g/mol. The van der Waals surface area contributed by atoms with E-state index in [0.29, 0.717) is 29.8 Å². The minimum absolute atomic E-state index is 0.0250. The van der Waals surface area contributed by atoms with E-state index in [0.717, 1.165) is 51.7 Å². The Balaban J connectivity index is 1.47. The van der Waals surface area contributed by atoms with Crippen molar-refractivity contribution in [2.45, 2.75) is 88.4 Å². The number of rotatable bonds is 5. The third-order valence-corrected chi connectivity index (χ3v) is 8.26. The van der Waals surface area contributed by atoms with E-state index in [1.165, 1.54) is 39.2 Å². The SMILES string of the molecule is COC(=O)C1CCCC(NC(C2CCCNC2)C2CCC3CCCNC3C2O)C1. The summed E-state index contributed by atoms with van der Waals surface area (Å²) in [6.07, 6.45) is 11.0. The van der Waals surface area contributed by atoms with Crippen molar-refractivity contribution >= 4 is 5.97 Å². The van der Waals surface area contributed by atoms with Crippen LogP contribution in [0.15, 0.2) is 0 Å². The summed E-state index contributed by atoms with van der Waals surface area (Å²) in [6.45, 7) is 3.18. The molecule has 2 aliphatic heterocycles. The topological polar surface area (TPSA) is 82.6 Å². The summed E-state index contributed by atoms with van der Waals surface area (Å²) in [5.41, 5.74) is 0. The molecule has 0 radical (unpaired) electrons. The highest BCUT2D eigenvalue weighted by Gasteiger charge is 2.45. The number of carbonyl (C=O) groups is 1. The molecule has 0 spiro atoms. The molecule has 29 heavy (non-hydrogen) atoms. The van der Waals surface area contributed by atoms with Crippen LogP contribution in [0.3, 0.4) is 0 Å². The van der Waals surface area contributed by atoms with Crippen LogP contribution in [0.2, 0.25) is 0 Å². The maximum Gasteiger partial charge on any atom is 0.308 e. The fourth-order valence-corrected chi connectivity index (χ4v) is 6.73. The van der Waals surface area contributed by atoms with E-state index in [1.807, 2.05) is 0 Å². The molecular formula is C23H41N3O3. The Morgan fingerprint density at radius 3 is 2.72 bits per heavy atom. The van der Waals surface area contributed by atoms with Gasteiger partial charge in [0.25, 0.3) is 0 Å². The fraction of sp³-hybridized carbons (Fsp3) is 0.957. The molecule has 0 aromatic rings. The molecule has 2 saturated heterocycles. The highest BCUT2D eigenvalue weighted by Crippen LogP contribution is 2.39. The zero-order valence-corrected chi connectivity index (χ0v) is 18.1. The van der Waals surface area contributed by atoms with Crippen molar-refractivity contribution in [3.8, 4) is 0 Å². The van der Waals surface area contributed by atoms with Gasteiger partial charge >= 0.3 is 5.97 Å². The molecule has 8 atom stereocenters. The van der Waals surface area contributed by atoms with Crippen LogP contribution in [0.25, 0.3) is 0 Å². The molecule has 0 amide bonds. The van der Waals surface area contributed by atoms with Crippen LogP contribution in [-0.2, 0) is 9.53 Å². The normalized spacial score (nSPS) is 41.9. The molecule has 0 bridgehead atoms. The van der Waals surface area contributed by atoms with Gasteiger partial charge in [-0.25, -0.2) is 0 Å². The molecule has 2 heterocycles. The quantitative estimate of drug-likeness (QED) is 0.521. The van der Waals surface area contributed by atoms with Crippen LogP contribution in [0.4, 0.5) is 0 Å². The van der Waals surface area contributed by atoms with Crippen LogP contribution in [0.1, 0.15) is 64.2 Å². The number of fused-ring (bicyclic) bond motifs is 1. The second-order valence-electron chi connectivity index (χ2n) is 10.00. The molecule has 2 aliphatic carbocycles. The summed E-state index contributed by atoms with van der Waals surface area (Å²) in [5.74, 6) is 1.46. The number of methoxy groups -OCH3 is 1. The molecule has 4 rings (SSSR count). The highest BCUT2D eigenvalue weighted by molar-refractivity contribution is 5.72. The van der Waals surface area contributed by atoms with E-state index in [-0.39, 0.29) is 24.0 Å². The lowest BCUT2D eigenvalue weighted by atomic mass is 9.67. The largest absolute Gasteiger partial charge is 0.469 e. The Kier molecular flexibility index (Phi) is 7.49. The van der Waals surface area contributed by atoms with Gasteiger partial charge in [0.15, 0.2) is 0 Å². The summed E-state index contributed by atoms with van der Waals surface area (Å²) in [7, 11) is 1.50. The van der Waals surface area contributed by atoms with Gasteiger partial charge in [0, 0.05) is 24.0 Å². The second kappa shape index (κ2) is 10.1. The summed E-state index contributed by atoms with van der Waals surface area (Å²) >= 11 is 0. The van der Waals surface area contributed by atoms with Crippen molar-refractivity contribution in [2.75, 3.05) is 26.7 Å². The van der Waals surface area contributed by atoms with Gasteiger partial charge in [0.1, 0.15) is 0 Å². The van der Waals surface area contributed by atoms with Gasteiger partial charge in [-0.1, -0.05) is 6.42 Å². The van der Waals surface area contributed by atoms with E-state index >= 15 is 0 Å². The lowest BCUT2D eigenvalue weighted by Crippen LogP contribution is -2.62. The molecule has 0 aromatic carbocycles. The Morgan fingerprint density at radius 2 is 1.93 bits per heavy atom. The summed E-state index contributed by atoms with van der Waals surface area (Å²) in [6, 6.07) is 0.936. The second-order valence-corrected chi connectivity index (χ2v) is 10.00. The number of hydrogen-bond donors (Lipinski definition) is 4. The first kappa shape index (κ1) is 21.5. The van der Waals surface area contributed by atoms with Gasteiger partial charge in [-0.05, 0) is 89.3 Å². The Morgan fingerprint density at radius 1 is 1.07 bits per heavy atom. The van der Waals surface area contributed by atoms with Gasteiger partial charge in [-0.3, -0.25) is 4.79 Å². The minimum atomic E-state index is -0.270. The lowest BCUT2D eigenvalue weighted by molar-refractivity contribution is -0.146. The van der Waals surface area contributed by atoms with E-state index < -0.39 is 0 Å². The summed E-state index contributed by atoms with van der Waals surface area (Å²) < 4.78 is 5.03.